The lowest BCUT2D eigenvalue weighted by Gasteiger charge is -2.05. The number of aryl methyl sites for hydroxylation is 1. The Bertz CT molecular complexity index is 944. The monoisotopic (exact) mass is 361 g/mol. The number of amides is 2. The number of furan rings is 1. The third kappa shape index (κ3) is 5.40. The zero-order valence-electron chi connectivity index (χ0n) is 14.8. The summed E-state index contributed by atoms with van der Waals surface area (Å²) in [6.07, 6.45) is 1.60. The molecule has 0 fully saturated rings. The van der Waals surface area contributed by atoms with E-state index in [4.69, 9.17) is 4.42 Å². The molecule has 0 spiro atoms. The van der Waals surface area contributed by atoms with Crippen LogP contribution in [-0.2, 0) is 16.1 Å². The van der Waals surface area contributed by atoms with Gasteiger partial charge in [-0.3, -0.25) is 14.6 Å². The number of benzene rings is 2. The van der Waals surface area contributed by atoms with Gasteiger partial charge in [-0.05, 0) is 43.3 Å². The Morgan fingerprint density at radius 1 is 0.963 bits per heavy atom. The van der Waals surface area contributed by atoms with E-state index in [1.807, 2.05) is 49.4 Å². The summed E-state index contributed by atoms with van der Waals surface area (Å²) in [6.45, 7) is 2.06. The molecule has 0 saturated heterocycles. The van der Waals surface area contributed by atoms with Crippen LogP contribution >= 0.6 is 0 Å². The van der Waals surface area contributed by atoms with Crippen molar-refractivity contribution in [2.75, 3.05) is 5.32 Å². The molecule has 1 heterocycles. The van der Waals surface area contributed by atoms with E-state index in [1.165, 1.54) is 0 Å². The minimum Gasteiger partial charge on any atom is -0.458 e. The number of para-hydroxylation sites is 1. The summed E-state index contributed by atoms with van der Waals surface area (Å²) < 4.78 is 5.57. The van der Waals surface area contributed by atoms with Crippen LogP contribution in [0.4, 0.5) is 11.4 Å². The molecule has 6 heteroatoms. The molecule has 136 valence electrons. The second-order valence-electron chi connectivity index (χ2n) is 5.90. The van der Waals surface area contributed by atoms with Crippen LogP contribution in [-0.4, -0.2) is 18.0 Å². The van der Waals surface area contributed by atoms with Gasteiger partial charge in [0.05, 0.1) is 18.4 Å². The van der Waals surface area contributed by atoms with Crippen molar-refractivity contribution in [2.24, 2.45) is 4.99 Å². The summed E-state index contributed by atoms with van der Waals surface area (Å²) in [7, 11) is 0. The maximum atomic E-state index is 11.9. The van der Waals surface area contributed by atoms with Crippen LogP contribution < -0.4 is 10.6 Å². The summed E-state index contributed by atoms with van der Waals surface area (Å²) in [6, 6.07) is 20.2. The molecular weight excluding hydrogens is 342 g/mol. The normalized spacial score (nSPS) is 10.7. The van der Waals surface area contributed by atoms with E-state index in [0.29, 0.717) is 17.2 Å². The molecule has 2 aromatic carbocycles. The van der Waals surface area contributed by atoms with Gasteiger partial charge in [-0.1, -0.05) is 35.9 Å². The van der Waals surface area contributed by atoms with Crippen molar-refractivity contribution in [3.05, 3.63) is 83.8 Å². The highest BCUT2D eigenvalue weighted by Crippen LogP contribution is 2.12. The molecule has 0 saturated carbocycles. The lowest BCUT2D eigenvalue weighted by molar-refractivity contribution is -0.136. The second kappa shape index (κ2) is 8.62. The van der Waals surface area contributed by atoms with Crippen molar-refractivity contribution >= 4 is 29.4 Å². The first-order valence-electron chi connectivity index (χ1n) is 8.44. The van der Waals surface area contributed by atoms with Gasteiger partial charge in [-0.2, -0.15) is 0 Å². The van der Waals surface area contributed by atoms with Crippen LogP contribution in [0.25, 0.3) is 0 Å². The lowest BCUT2D eigenvalue weighted by atomic mass is 10.2. The Kier molecular flexibility index (Phi) is 5.79. The van der Waals surface area contributed by atoms with E-state index in [9.17, 15) is 9.59 Å². The highest BCUT2D eigenvalue weighted by atomic mass is 16.3. The predicted octanol–water partition coefficient (Wildman–Crippen LogP) is 3.59. The van der Waals surface area contributed by atoms with Gasteiger partial charge in [0.15, 0.2) is 0 Å². The third-order valence-corrected chi connectivity index (χ3v) is 3.72. The summed E-state index contributed by atoms with van der Waals surface area (Å²) in [4.78, 5) is 28.1. The van der Waals surface area contributed by atoms with Crippen LogP contribution in [0.5, 0.6) is 0 Å². The van der Waals surface area contributed by atoms with Crippen LogP contribution in [0.15, 0.2) is 76.1 Å². The maximum Gasteiger partial charge on any atom is 0.313 e. The van der Waals surface area contributed by atoms with Gasteiger partial charge in [0, 0.05) is 5.69 Å². The fraction of sp³-hybridized carbons (Fsp3) is 0.0952. The van der Waals surface area contributed by atoms with Crippen molar-refractivity contribution in [3.63, 3.8) is 0 Å². The summed E-state index contributed by atoms with van der Waals surface area (Å²) in [5.41, 5.74) is 2.46. The number of rotatable bonds is 5. The molecule has 3 aromatic rings. The molecule has 0 aliphatic carbocycles. The number of hydrogen-bond donors (Lipinski definition) is 2. The fourth-order valence-electron chi connectivity index (χ4n) is 2.28. The molecule has 3 rings (SSSR count). The molecular formula is C21H19N3O3. The van der Waals surface area contributed by atoms with Crippen LogP contribution in [0.2, 0.25) is 0 Å². The first kappa shape index (κ1) is 18.1. The van der Waals surface area contributed by atoms with E-state index in [0.717, 1.165) is 11.3 Å². The lowest BCUT2D eigenvalue weighted by Crippen LogP contribution is -2.34. The largest absolute Gasteiger partial charge is 0.458 e. The van der Waals surface area contributed by atoms with Crippen LogP contribution in [0.3, 0.4) is 0 Å². The Morgan fingerprint density at radius 2 is 1.70 bits per heavy atom. The maximum absolute atomic E-state index is 11.9. The number of aliphatic imine (C=N–C) groups is 1. The number of nitrogens with zero attached hydrogens (tertiary/aromatic N) is 1. The van der Waals surface area contributed by atoms with E-state index in [-0.39, 0.29) is 6.54 Å². The van der Waals surface area contributed by atoms with Gasteiger partial charge < -0.3 is 15.1 Å². The quantitative estimate of drug-likeness (QED) is 0.538. The topological polar surface area (TPSA) is 83.7 Å². The second-order valence-corrected chi connectivity index (χ2v) is 5.90. The van der Waals surface area contributed by atoms with E-state index < -0.39 is 11.8 Å². The van der Waals surface area contributed by atoms with Gasteiger partial charge in [-0.25, -0.2) is 0 Å². The number of nitrogens with one attached hydrogen (secondary N) is 2. The van der Waals surface area contributed by atoms with Crippen molar-refractivity contribution in [3.8, 4) is 0 Å². The Morgan fingerprint density at radius 3 is 2.44 bits per heavy atom. The zero-order valence-corrected chi connectivity index (χ0v) is 14.8. The minimum atomic E-state index is -0.730. The number of carbonyl (C=O) groups is 2. The molecule has 0 radical (unpaired) electrons. The fourth-order valence-corrected chi connectivity index (χ4v) is 2.28. The minimum absolute atomic E-state index is 0.110. The highest BCUT2D eigenvalue weighted by molar-refractivity contribution is 6.39. The zero-order chi connectivity index (χ0) is 19.1. The Balaban J connectivity index is 1.50. The standard InChI is InChI=1S/C21H19N3O3/c1-15-7-9-17(10-8-15)24-21(26)20(25)23-14-19-12-11-18(27-19)13-22-16-5-3-2-4-6-16/h2-13H,14H2,1H3,(H,23,25)(H,24,26). The smallest absolute Gasteiger partial charge is 0.313 e. The summed E-state index contributed by atoms with van der Waals surface area (Å²) in [5, 5.41) is 5.07. The molecule has 0 aliphatic rings. The average Bonchev–Trinajstić information content (AvgIpc) is 3.15. The van der Waals surface area contributed by atoms with Gasteiger partial charge in [0.2, 0.25) is 0 Å². The van der Waals surface area contributed by atoms with Crippen molar-refractivity contribution in [2.45, 2.75) is 13.5 Å². The molecule has 1 aromatic heterocycles. The molecule has 2 amide bonds. The molecule has 2 N–H and O–H groups in total. The summed E-state index contributed by atoms with van der Waals surface area (Å²) in [5.74, 6) is -0.365. The van der Waals surface area contributed by atoms with Crippen molar-refractivity contribution in [1.82, 2.24) is 5.32 Å². The molecule has 27 heavy (non-hydrogen) atoms. The molecule has 0 atom stereocenters. The van der Waals surface area contributed by atoms with E-state index in [2.05, 4.69) is 15.6 Å². The molecule has 0 bridgehead atoms. The predicted molar refractivity (Wildman–Crippen MR) is 104 cm³/mol. The van der Waals surface area contributed by atoms with Gasteiger partial charge in [-0.15, -0.1) is 0 Å². The first-order valence-corrected chi connectivity index (χ1v) is 8.44. The average molecular weight is 361 g/mol. The van der Waals surface area contributed by atoms with E-state index >= 15 is 0 Å². The molecule has 0 aliphatic heterocycles. The van der Waals surface area contributed by atoms with Crippen LogP contribution in [0, 0.1) is 6.92 Å². The van der Waals surface area contributed by atoms with E-state index in [1.54, 1.807) is 30.5 Å². The Hall–Kier alpha value is -3.67. The Labute approximate surface area is 156 Å². The van der Waals surface area contributed by atoms with Gasteiger partial charge >= 0.3 is 11.8 Å². The number of anilines is 1. The van der Waals surface area contributed by atoms with Crippen molar-refractivity contribution < 1.29 is 14.0 Å². The number of hydrogen-bond acceptors (Lipinski definition) is 4. The first-order chi connectivity index (χ1) is 13.1. The van der Waals surface area contributed by atoms with Gasteiger partial charge in [0.25, 0.3) is 0 Å². The molecule has 6 nitrogen and oxygen atoms in total. The highest BCUT2D eigenvalue weighted by Gasteiger charge is 2.14. The summed E-state index contributed by atoms with van der Waals surface area (Å²) >= 11 is 0. The van der Waals surface area contributed by atoms with Crippen molar-refractivity contribution in [1.29, 1.82) is 0 Å². The van der Waals surface area contributed by atoms with Crippen LogP contribution in [0.1, 0.15) is 17.1 Å². The number of carbonyl (C=O) groups excluding carboxylic acids is 2. The van der Waals surface area contributed by atoms with Gasteiger partial charge in [0.1, 0.15) is 11.5 Å². The SMILES string of the molecule is Cc1ccc(NC(=O)C(=O)NCc2ccc(C=Nc3ccccc3)o2)cc1. The third-order valence-electron chi connectivity index (χ3n) is 3.72. The molecule has 0 unspecified atom stereocenters.